The van der Waals surface area contributed by atoms with Crippen LogP contribution in [-0.2, 0) is 38.0 Å². The lowest BCUT2D eigenvalue weighted by atomic mass is 9.95. The molecular formula is C24H22F2N4O5S. The predicted molar refractivity (Wildman–Crippen MR) is 125 cm³/mol. The van der Waals surface area contributed by atoms with Crippen LogP contribution in [0.25, 0.3) is 0 Å². The van der Waals surface area contributed by atoms with Gasteiger partial charge in [-0.25, -0.2) is 13.6 Å². The molecule has 2 aromatic rings. The van der Waals surface area contributed by atoms with E-state index in [0.717, 1.165) is 23.3 Å². The summed E-state index contributed by atoms with van der Waals surface area (Å²) in [6.07, 6.45) is 0.652. The molecule has 2 aliphatic heterocycles. The van der Waals surface area contributed by atoms with Gasteiger partial charge in [0.25, 0.3) is 5.91 Å². The highest BCUT2D eigenvalue weighted by Crippen LogP contribution is 2.38. The zero-order valence-corrected chi connectivity index (χ0v) is 20.0. The summed E-state index contributed by atoms with van der Waals surface area (Å²) in [4.78, 5) is 52.5. The number of hydrogen-bond acceptors (Lipinski definition) is 5. The molecule has 0 bridgehead atoms. The van der Waals surface area contributed by atoms with Gasteiger partial charge in [-0.05, 0) is 41.0 Å². The summed E-state index contributed by atoms with van der Waals surface area (Å²) in [5.74, 6) is -3.46. The molecule has 9 nitrogen and oxygen atoms in total. The Morgan fingerprint density at radius 2 is 1.81 bits per heavy atom. The molecule has 2 heterocycles. The lowest BCUT2D eigenvalue weighted by molar-refractivity contribution is -0.135. The Morgan fingerprint density at radius 3 is 2.47 bits per heavy atom. The Balaban J connectivity index is 1.32. The van der Waals surface area contributed by atoms with Crippen LogP contribution >= 0.6 is 0 Å². The van der Waals surface area contributed by atoms with Crippen molar-refractivity contribution in [1.82, 2.24) is 15.1 Å². The van der Waals surface area contributed by atoms with Gasteiger partial charge in [0, 0.05) is 48.2 Å². The highest BCUT2D eigenvalue weighted by atomic mass is 32.2. The molecule has 36 heavy (non-hydrogen) atoms. The van der Waals surface area contributed by atoms with Crippen molar-refractivity contribution in [1.29, 1.82) is 0 Å². The van der Waals surface area contributed by atoms with E-state index in [4.69, 9.17) is 0 Å². The van der Waals surface area contributed by atoms with Crippen molar-refractivity contribution in [3.05, 3.63) is 64.7 Å². The smallest absolute Gasteiger partial charge is 0.324 e. The molecule has 188 valence electrons. The van der Waals surface area contributed by atoms with Crippen molar-refractivity contribution in [2.75, 3.05) is 30.4 Å². The number of carbonyl (C=O) groups excluding carboxylic acids is 4. The molecule has 0 saturated carbocycles. The minimum absolute atomic E-state index is 0.0445. The van der Waals surface area contributed by atoms with Crippen molar-refractivity contribution in [2.45, 2.75) is 24.4 Å². The lowest BCUT2D eigenvalue weighted by Crippen LogP contribution is -2.48. The number of hydrogen-bond donors (Lipinski definition) is 2. The molecule has 5 rings (SSSR count). The van der Waals surface area contributed by atoms with Gasteiger partial charge in [0.15, 0.2) is 0 Å². The molecule has 1 aliphatic carbocycles. The number of anilines is 1. The Kier molecular flexibility index (Phi) is 5.86. The molecular weight excluding hydrogens is 494 g/mol. The third kappa shape index (κ3) is 4.15. The van der Waals surface area contributed by atoms with Gasteiger partial charge in [0.2, 0.25) is 11.8 Å². The molecule has 12 heteroatoms. The van der Waals surface area contributed by atoms with E-state index in [9.17, 15) is 32.2 Å². The standard InChI is InChI=1S/C24H22F2N4O5S/c1-29-23(34)28-22(33)24(29)8-13-2-3-18(6-15(13)9-24)27-20(31)10-30-19(11-36(35)12-21(30)32)14-4-16(25)7-17(26)5-14/h2-7,19H,8-12H2,1H3,(H,27,31)(H,28,33,34)/t19-,24?,36?/m0/s1. The van der Waals surface area contributed by atoms with Crippen LogP contribution < -0.4 is 10.6 Å². The number of rotatable bonds is 4. The van der Waals surface area contributed by atoms with Gasteiger partial charge in [-0.2, -0.15) is 0 Å². The number of amides is 5. The van der Waals surface area contributed by atoms with Crippen molar-refractivity contribution < 1.29 is 32.2 Å². The van der Waals surface area contributed by atoms with E-state index in [2.05, 4.69) is 10.6 Å². The maximum atomic E-state index is 13.8. The Bertz CT molecular complexity index is 1330. The fourth-order valence-corrected chi connectivity index (χ4v) is 6.38. The van der Waals surface area contributed by atoms with Crippen LogP contribution in [0.5, 0.6) is 0 Å². The van der Waals surface area contributed by atoms with Crippen LogP contribution in [-0.4, -0.2) is 68.4 Å². The van der Waals surface area contributed by atoms with E-state index in [-0.39, 0.29) is 23.0 Å². The normalized spacial score (nSPS) is 25.4. The number of carbonyl (C=O) groups is 4. The Hall–Kier alpha value is -3.67. The minimum atomic E-state index is -1.53. The molecule has 0 radical (unpaired) electrons. The zero-order valence-electron chi connectivity index (χ0n) is 19.2. The second-order valence-corrected chi connectivity index (χ2v) is 10.7. The molecule has 2 saturated heterocycles. The molecule has 2 unspecified atom stereocenters. The molecule has 3 atom stereocenters. The summed E-state index contributed by atoms with van der Waals surface area (Å²) in [5.41, 5.74) is 1.25. The number of urea groups is 1. The first-order valence-corrected chi connectivity index (χ1v) is 12.7. The summed E-state index contributed by atoms with van der Waals surface area (Å²) < 4.78 is 39.7. The van der Waals surface area contributed by atoms with Gasteiger partial charge in [0.1, 0.15) is 29.5 Å². The van der Waals surface area contributed by atoms with Gasteiger partial charge in [-0.15, -0.1) is 0 Å². The van der Waals surface area contributed by atoms with E-state index in [1.54, 1.807) is 25.2 Å². The van der Waals surface area contributed by atoms with Crippen LogP contribution in [0.2, 0.25) is 0 Å². The van der Waals surface area contributed by atoms with Crippen molar-refractivity contribution in [3.8, 4) is 0 Å². The number of benzene rings is 2. The summed E-state index contributed by atoms with van der Waals surface area (Å²) >= 11 is 0. The number of halogens is 2. The SMILES string of the molecule is CN1C(=O)NC(=O)C12Cc1ccc(NC(=O)CN3C(=O)CS(=O)C[C@H]3c3cc(F)cc(F)c3)cc1C2. The lowest BCUT2D eigenvalue weighted by Gasteiger charge is -2.35. The summed E-state index contributed by atoms with van der Waals surface area (Å²) in [6.45, 7) is -0.403. The third-order valence-electron chi connectivity index (χ3n) is 6.95. The van der Waals surface area contributed by atoms with Gasteiger partial charge < -0.3 is 15.1 Å². The number of imide groups is 1. The predicted octanol–water partition coefficient (Wildman–Crippen LogP) is 1.25. The molecule has 3 aliphatic rings. The van der Waals surface area contributed by atoms with Gasteiger partial charge >= 0.3 is 6.03 Å². The largest absolute Gasteiger partial charge is 0.325 e. The fourth-order valence-electron chi connectivity index (χ4n) is 5.09. The zero-order chi connectivity index (χ0) is 25.8. The average molecular weight is 517 g/mol. The molecule has 1 spiro atoms. The molecule has 2 fully saturated rings. The topological polar surface area (TPSA) is 116 Å². The van der Waals surface area contributed by atoms with Crippen molar-refractivity contribution in [2.24, 2.45) is 0 Å². The summed E-state index contributed by atoms with van der Waals surface area (Å²) in [5, 5.41) is 5.05. The van der Waals surface area contributed by atoms with E-state index in [0.29, 0.717) is 24.6 Å². The van der Waals surface area contributed by atoms with Gasteiger partial charge in [0.05, 0.1) is 6.04 Å². The summed E-state index contributed by atoms with van der Waals surface area (Å²) in [6, 6.07) is 6.60. The highest BCUT2D eigenvalue weighted by Gasteiger charge is 2.54. The highest BCUT2D eigenvalue weighted by molar-refractivity contribution is 7.85. The first-order chi connectivity index (χ1) is 17.1. The van der Waals surface area contributed by atoms with E-state index < -0.39 is 58.4 Å². The minimum Gasteiger partial charge on any atom is -0.325 e. The maximum absolute atomic E-state index is 13.8. The average Bonchev–Trinajstić information content (AvgIpc) is 3.27. The van der Waals surface area contributed by atoms with Crippen LogP contribution in [0, 0.1) is 11.6 Å². The van der Waals surface area contributed by atoms with Gasteiger partial charge in [-0.1, -0.05) is 6.07 Å². The third-order valence-corrected chi connectivity index (χ3v) is 8.21. The quantitative estimate of drug-likeness (QED) is 0.594. The fraction of sp³-hybridized carbons (Fsp3) is 0.333. The van der Waals surface area contributed by atoms with Crippen LogP contribution in [0.15, 0.2) is 36.4 Å². The first-order valence-electron chi connectivity index (χ1n) is 11.2. The number of likely N-dealkylation sites (N-methyl/N-ethyl adjacent to an activating group) is 1. The molecule has 0 aromatic heterocycles. The maximum Gasteiger partial charge on any atom is 0.324 e. The van der Waals surface area contributed by atoms with Gasteiger partial charge in [-0.3, -0.25) is 23.9 Å². The summed E-state index contributed by atoms with van der Waals surface area (Å²) in [7, 11) is 0.0390. The second kappa shape index (κ2) is 8.77. The van der Waals surface area contributed by atoms with E-state index in [1.165, 1.54) is 9.80 Å². The first kappa shape index (κ1) is 24.0. The van der Waals surface area contributed by atoms with E-state index in [1.807, 2.05) is 0 Å². The molecule has 2 aromatic carbocycles. The van der Waals surface area contributed by atoms with E-state index >= 15 is 0 Å². The molecule has 5 amide bonds. The Morgan fingerprint density at radius 1 is 1.11 bits per heavy atom. The number of nitrogens with one attached hydrogen (secondary N) is 2. The van der Waals surface area contributed by atoms with Crippen LogP contribution in [0.3, 0.4) is 0 Å². The molecule has 2 N–H and O–H groups in total. The Labute approximate surface area is 207 Å². The van der Waals surface area contributed by atoms with Crippen molar-refractivity contribution in [3.63, 3.8) is 0 Å². The number of nitrogens with zero attached hydrogens (tertiary/aromatic N) is 2. The van der Waals surface area contributed by atoms with Crippen LogP contribution in [0.4, 0.5) is 19.3 Å². The number of fused-ring (bicyclic) bond motifs is 1. The second-order valence-electron chi connectivity index (χ2n) is 9.23. The van der Waals surface area contributed by atoms with Crippen molar-refractivity contribution >= 4 is 40.2 Å². The monoisotopic (exact) mass is 516 g/mol. The van der Waals surface area contributed by atoms with Crippen LogP contribution in [0.1, 0.15) is 22.7 Å².